The van der Waals surface area contributed by atoms with Crippen LogP contribution in [0.3, 0.4) is 0 Å². The van der Waals surface area contributed by atoms with Crippen molar-refractivity contribution in [1.82, 2.24) is 10.1 Å². The van der Waals surface area contributed by atoms with Crippen LogP contribution in [0, 0.1) is 5.82 Å². The third-order valence-corrected chi connectivity index (χ3v) is 3.25. The maximum Gasteiger partial charge on any atom is 0.318 e. The molecule has 21 heavy (non-hydrogen) atoms. The monoisotopic (exact) mass is 312 g/mol. The first-order chi connectivity index (χ1) is 10.0. The molecule has 1 unspecified atom stereocenters. The maximum atomic E-state index is 13.7. The van der Waals surface area contributed by atoms with E-state index >= 15 is 0 Å². The number of benzene rings is 1. The smallest absolute Gasteiger partial charge is 0.318 e. The van der Waals surface area contributed by atoms with Crippen LogP contribution >= 0.6 is 11.6 Å². The summed E-state index contributed by atoms with van der Waals surface area (Å²) in [7, 11) is 0. The van der Waals surface area contributed by atoms with Gasteiger partial charge < -0.3 is 9.26 Å². The second-order valence-electron chi connectivity index (χ2n) is 4.40. The minimum Gasteiger partial charge on any atom is -0.465 e. The Balaban J connectivity index is 2.15. The zero-order valence-electron chi connectivity index (χ0n) is 11.6. The normalized spacial score (nSPS) is 12.2. The summed E-state index contributed by atoms with van der Waals surface area (Å²) in [6, 6.07) is 4.41. The van der Waals surface area contributed by atoms with E-state index in [-0.39, 0.29) is 30.3 Å². The van der Waals surface area contributed by atoms with E-state index < -0.39 is 17.7 Å². The molecule has 1 atom stereocenters. The van der Waals surface area contributed by atoms with E-state index in [9.17, 15) is 9.18 Å². The van der Waals surface area contributed by atoms with Gasteiger partial charge in [0.25, 0.3) is 0 Å². The Morgan fingerprint density at radius 1 is 1.52 bits per heavy atom. The number of ether oxygens (including phenoxy) is 1. The van der Waals surface area contributed by atoms with Gasteiger partial charge in [-0.15, -0.1) is 0 Å². The topological polar surface area (TPSA) is 65.2 Å². The molecule has 0 radical (unpaired) electrons. The second kappa shape index (κ2) is 6.67. The van der Waals surface area contributed by atoms with Crippen LogP contribution in [0.1, 0.15) is 37.0 Å². The molecule has 0 saturated heterocycles. The number of carbonyl (C=O) groups excluding carboxylic acids is 1. The molecule has 1 aromatic carbocycles. The van der Waals surface area contributed by atoms with Crippen molar-refractivity contribution in [2.45, 2.75) is 26.2 Å². The molecule has 0 aliphatic heterocycles. The fraction of sp³-hybridized carbons (Fsp3) is 0.357. The van der Waals surface area contributed by atoms with E-state index in [2.05, 4.69) is 10.1 Å². The Bertz CT molecular complexity index is 625. The predicted octanol–water partition coefficient (Wildman–Crippen LogP) is 3.12. The van der Waals surface area contributed by atoms with Crippen LogP contribution in [0.15, 0.2) is 22.7 Å². The van der Waals surface area contributed by atoms with Crippen molar-refractivity contribution in [1.29, 1.82) is 0 Å². The highest BCUT2D eigenvalue weighted by Crippen LogP contribution is 2.22. The fourth-order valence-corrected chi connectivity index (χ4v) is 1.97. The predicted molar refractivity (Wildman–Crippen MR) is 73.6 cm³/mol. The van der Waals surface area contributed by atoms with Crippen molar-refractivity contribution < 1.29 is 18.4 Å². The van der Waals surface area contributed by atoms with Crippen LogP contribution in [-0.2, 0) is 16.0 Å². The lowest BCUT2D eigenvalue weighted by molar-refractivity contribution is -0.145. The molecule has 0 N–H and O–H groups in total. The van der Waals surface area contributed by atoms with E-state index in [1.54, 1.807) is 19.9 Å². The number of rotatable bonds is 5. The average molecular weight is 313 g/mol. The van der Waals surface area contributed by atoms with Gasteiger partial charge in [-0.05, 0) is 26.0 Å². The van der Waals surface area contributed by atoms with Gasteiger partial charge in [0.05, 0.1) is 6.61 Å². The second-order valence-corrected chi connectivity index (χ2v) is 4.81. The van der Waals surface area contributed by atoms with Gasteiger partial charge in [0.1, 0.15) is 11.7 Å². The number of carbonyl (C=O) groups is 1. The first-order valence-corrected chi connectivity index (χ1v) is 6.82. The third-order valence-electron chi connectivity index (χ3n) is 2.89. The highest BCUT2D eigenvalue weighted by atomic mass is 35.5. The molecule has 1 aromatic heterocycles. The molecule has 112 valence electrons. The summed E-state index contributed by atoms with van der Waals surface area (Å²) in [6.07, 6.45) is 0.0878. The molecule has 0 spiro atoms. The lowest BCUT2D eigenvalue weighted by Crippen LogP contribution is -2.13. The van der Waals surface area contributed by atoms with E-state index in [1.807, 2.05) is 0 Å². The molecule has 1 heterocycles. The van der Waals surface area contributed by atoms with E-state index in [0.29, 0.717) is 5.02 Å². The first-order valence-electron chi connectivity index (χ1n) is 6.45. The number of hydrogen-bond donors (Lipinski definition) is 0. The van der Waals surface area contributed by atoms with Crippen LogP contribution in [0.25, 0.3) is 0 Å². The summed E-state index contributed by atoms with van der Waals surface area (Å²) in [5, 5.41) is 4.03. The Kier molecular flexibility index (Phi) is 4.90. The lowest BCUT2D eigenvalue weighted by atomic mass is 10.1. The van der Waals surface area contributed by atoms with Crippen LogP contribution in [-0.4, -0.2) is 22.7 Å². The van der Waals surface area contributed by atoms with Crippen LogP contribution < -0.4 is 0 Å². The summed E-state index contributed by atoms with van der Waals surface area (Å²) in [5.41, 5.74) is 0.287. The zero-order chi connectivity index (χ0) is 15.4. The quantitative estimate of drug-likeness (QED) is 0.794. The summed E-state index contributed by atoms with van der Waals surface area (Å²) in [4.78, 5) is 15.7. The van der Waals surface area contributed by atoms with Crippen molar-refractivity contribution >= 4 is 17.6 Å². The minimum absolute atomic E-state index is 0.0878. The molecule has 2 rings (SSSR count). The molecule has 0 aliphatic carbocycles. The Morgan fingerprint density at radius 3 is 2.95 bits per heavy atom. The Labute approximate surface area is 126 Å². The molecule has 0 aliphatic rings. The molecule has 0 amide bonds. The molecular weight excluding hydrogens is 299 g/mol. The zero-order valence-corrected chi connectivity index (χ0v) is 12.4. The molecular formula is C14H14ClFN2O3. The van der Waals surface area contributed by atoms with Crippen LogP contribution in [0.2, 0.25) is 5.02 Å². The Morgan fingerprint density at radius 2 is 2.29 bits per heavy atom. The van der Waals surface area contributed by atoms with E-state index in [0.717, 1.165) is 0 Å². The van der Waals surface area contributed by atoms with Gasteiger partial charge in [0.2, 0.25) is 5.89 Å². The van der Waals surface area contributed by atoms with Gasteiger partial charge >= 0.3 is 5.97 Å². The SMILES string of the molecule is CCOC(=O)C(C)c1nc(Cc2c(F)cccc2Cl)no1. The molecule has 2 aromatic rings. The lowest BCUT2D eigenvalue weighted by Gasteiger charge is -2.04. The molecule has 7 heteroatoms. The summed E-state index contributed by atoms with van der Waals surface area (Å²) in [6.45, 7) is 3.59. The molecule has 5 nitrogen and oxygen atoms in total. The molecule has 0 fully saturated rings. The number of aromatic nitrogens is 2. The van der Waals surface area contributed by atoms with Gasteiger partial charge in [-0.1, -0.05) is 22.8 Å². The first kappa shape index (κ1) is 15.4. The molecule has 0 bridgehead atoms. The fourth-order valence-electron chi connectivity index (χ4n) is 1.74. The van der Waals surface area contributed by atoms with Crippen molar-refractivity contribution in [2.75, 3.05) is 6.61 Å². The van der Waals surface area contributed by atoms with E-state index in [1.165, 1.54) is 12.1 Å². The molecule has 0 saturated carbocycles. The largest absolute Gasteiger partial charge is 0.465 e. The van der Waals surface area contributed by atoms with Gasteiger partial charge in [0.15, 0.2) is 5.82 Å². The number of halogens is 2. The highest BCUT2D eigenvalue weighted by Gasteiger charge is 2.23. The maximum absolute atomic E-state index is 13.7. The van der Waals surface area contributed by atoms with Crippen molar-refractivity contribution in [2.24, 2.45) is 0 Å². The van der Waals surface area contributed by atoms with Gasteiger partial charge in [-0.2, -0.15) is 4.98 Å². The van der Waals surface area contributed by atoms with Gasteiger partial charge in [0, 0.05) is 17.0 Å². The van der Waals surface area contributed by atoms with Gasteiger partial charge in [-0.25, -0.2) is 4.39 Å². The number of nitrogens with zero attached hydrogens (tertiary/aromatic N) is 2. The van der Waals surface area contributed by atoms with Gasteiger partial charge in [-0.3, -0.25) is 4.79 Å². The van der Waals surface area contributed by atoms with Crippen molar-refractivity contribution in [3.05, 3.63) is 46.3 Å². The summed E-state index contributed by atoms with van der Waals surface area (Å²) in [5.74, 6) is -1.16. The van der Waals surface area contributed by atoms with Crippen LogP contribution in [0.4, 0.5) is 4.39 Å². The standard InChI is InChI=1S/C14H14ClFN2O3/c1-3-20-14(19)8(2)13-17-12(18-21-13)7-9-10(15)5-4-6-11(9)16/h4-6,8H,3,7H2,1-2H3. The summed E-state index contributed by atoms with van der Waals surface area (Å²) >= 11 is 5.94. The Hall–Kier alpha value is -1.95. The average Bonchev–Trinajstić information content (AvgIpc) is 2.91. The van der Waals surface area contributed by atoms with Crippen LogP contribution in [0.5, 0.6) is 0 Å². The van der Waals surface area contributed by atoms with Crippen molar-refractivity contribution in [3.63, 3.8) is 0 Å². The summed E-state index contributed by atoms with van der Waals surface area (Å²) < 4.78 is 23.6. The number of esters is 1. The van der Waals surface area contributed by atoms with Crippen molar-refractivity contribution in [3.8, 4) is 0 Å². The van der Waals surface area contributed by atoms with E-state index in [4.69, 9.17) is 20.9 Å². The third kappa shape index (κ3) is 3.58. The minimum atomic E-state index is -0.665. The number of hydrogen-bond acceptors (Lipinski definition) is 5. The highest BCUT2D eigenvalue weighted by molar-refractivity contribution is 6.31.